The number of piperazine rings is 2. The molecule has 0 N–H and O–H groups in total. The summed E-state index contributed by atoms with van der Waals surface area (Å²) in [6.07, 6.45) is 2.25. The Morgan fingerprint density at radius 1 is 0.889 bits per heavy atom. The zero-order valence-corrected chi connectivity index (χ0v) is 15.3. The maximum absolute atomic E-state index is 12.7. The molecule has 2 saturated heterocycles. The molecule has 0 saturated carbocycles. The summed E-state index contributed by atoms with van der Waals surface area (Å²) in [7, 11) is 0. The highest BCUT2D eigenvalue weighted by Gasteiger charge is 2.26. The number of nitrogens with zero attached hydrogens (tertiary/aromatic N) is 5. The molecular formula is C18H23N5O4. The van der Waals surface area contributed by atoms with Gasteiger partial charge in [0.25, 0.3) is 11.8 Å². The first kappa shape index (κ1) is 18.8. The van der Waals surface area contributed by atoms with Crippen LogP contribution in [0, 0.1) is 0 Å². The van der Waals surface area contributed by atoms with Gasteiger partial charge < -0.3 is 19.6 Å². The van der Waals surface area contributed by atoms with Crippen molar-refractivity contribution in [3.63, 3.8) is 0 Å². The summed E-state index contributed by atoms with van der Waals surface area (Å²) in [4.78, 5) is 58.4. The molecule has 9 nitrogen and oxygen atoms in total. The van der Waals surface area contributed by atoms with Crippen LogP contribution in [-0.4, -0.2) is 101 Å². The molecule has 0 spiro atoms. The molecule has 0 aromatic carbocycles. The largest absolute Gasteiger partial charge is 0.342 e. The lowest BCUT2D eigenvalue weighted by Crippen LogP contribution is -2.50. The van der Waals surface area contributed by atoms with E-state index in [4.69, 9.17) is 0 Å². The van der Waals surface area contributed by atoms with Crippen molar-refractivity contribution in [2.75, 3.05) is 52.4 Å². The number of pyridine rings is 1. The number of amides is 4. The van der Waals surface area contributed by atoms with Crippen LogP contribution >= 0.6 is 0 Å². The first-order chi connectivity index (χ1) is 13.0. The fourth-order valence-corrected chi connectivity index (χ4v) is 3.28. The van der Waals surface area contributed by atoms with E-state index in [0.29, 0.717) is 57.9 Å². The van der Waals surface area contributed by atoms with Gasteiger partial charge in [-0.2, -0.15) is 0 Å². The topological polar surface area (TPSA) is 94.1 Å². The summed E-state index contributed by atoms with van der Waals surface area (Å²) in [6.45, 7) is 5.37. The minimum atomic E-state index is -0.239. The number of carbonyl (C=O) groups excluding carboxylic acids is 4. The van der Waals surface area contributed by atoms with E-state index in [-0.39, 0.29) is 23.4 Å². The molecule has 1 aromatic heterocycles. The van der Waals surface area contributed by atoms with Gasteiger partial charge in [0.2, 0.25) is 12.3 Å². The molecule has 2 aliphatic rings. The van der Waals surface area contributed by atoms with E-state index in [0.717, 1.165) is 6.41 Å². The molecule has 27 heavy (non-hydrogen) atoms. The zero-order chi connectivity index (χ0) is 19.4. The molecule has 0 unspecified atom stereocenters. The molecule has 144 valence electrons. The maximum Gasteiger partial charge on any atom is 0.272 e. The lowest BCUT2D eigenvalue weighted by atomic mass is 10.1. The molecule has 0 aliphatic carbocycles. The van der Waals surface area contributed by atoms with Crippen molar-refractivity contribution in [3.05, 3.63) is 29.6 Å². The van der Waals surface area contributed by atoms with Gasteiger partial charge in [0.05, 0.1) is 0 Å². The molecule has 3 rings (SSSR count). The van der Waals surface area contributed by atoms with E-state index in [9.17, 15) is 19.2 Å². The van der Waals surface area contributed by atoms with E-state index in [2.05, 4.69) is 4.98 Å². The monoisotopic (exact) mass is 373 g/mol. The molecule has 9 heteroatoms. The van der Waals surface area contributed by atoms with Crippen molar-refractivity contribution in [1.29, 1.82) is 0 Å². The Bertz CT molecular complexity index is 737. The normalized spacial score (nSPS) is 17.7. The molecular weight excluding hydrogens is 350 g/mol. The summed E-state index contributed by atoms with van der Waals surface area (Å²) >= 11 is 0. The Kier molecular flexibility index (Phi) is 5.68. The van der Waals surface area contributed by atoms with Gasteiger partial charge in [-0.3, -0.25) is 24.2 Å². The van der Waals surface area contributed by atoms with Crippen LogP contribution in [0.5, 0.6) is 0 Å². The number of hydrogen-bond acceptors (Lipinski definition) is 5. The fraction of sp³-hybridized carbons (Fsp3) is 0.500. The maximum atomic E-state index is 12.7. The fourth-order valence-electron chi connectivity index (χ4n) is 3.28. The molecule has 0 atom stereocenters. The van der Waals surface area contributed by atoms with E-state index in [1.54, 1.807) is 25.7 Å². The Hall–Kier alpha value is -2.97. The number of aromatic nitrogens is 1. The third kappa shape index (κ3) is 4.24. The second-order valence-corrected chi connectivity index (χ2v) is 6.66. The third-order valence-electron chi connectivity index (χ3n) is 4.99. The third-order valence-corrected chi connectivity index (χ3v) is 4.99. The highest BCUT2D eigenvalue weighted by atomic mass is 16.2. The lowest BCUT2D eigenvalue weighted by Gasteiger charge is -2.34. The van der Waals surface area contributed by atoms with E-state index < -0.39 is 0 Å². The van der Waals surface area contributed by atoms with E-state index in [1.807, 2.05) is 0 Å². The van der Waals surface area contributed by atoms with Crippen LogP contribution in [0.2, 0.25) is 0 Å². The number of hydrogen-bond donors (Lipinski definition) is 0. The van der Waals surface area contributed by atoms with E-state index in [1.165, 1.54) is 19.2 Å². The van der Waals surface area contributed by atoms with Gasteiger partial charge >= 0.3 is 0 Å². The Morgan fingerprint density at radius 2 is 1.44 bits per heavy atom. The first-order valence-corrected chi connectivity index (χ1v) is 8.99. The highest BCUT2D eigenvalue weighted by Crippen LogP contribution is 2.12. The number of rotatable bonds is 3. The SMILES string of the molecule is CC(=O)N1CCN(C(=O)c2ccnc(C(=O)N3CCN(C=O)CC3)c2)CC1. The van der Waals surface area contributed by atoms with Crippen LogP contribution in [0.3, 0.4) is 0 Å². The Labute approximate surface area is 157 Å². The zero-order valence-electron chi connectivity index (χ0n) is 15.3. The molecule has 1 aromatic rings. The molecule has 2 aliphatic heterocycles. The van der Waals surface area contributed by atoms with Crippen molar-refractivity contribution >= 4 is 24.1 Å². The van der Waals surface area contributed by atoms with Gasteiger partial charge in [-0.25, -0.2) is 0 Å². The van der Waals surface area contributed by atoms with Crippen LogP contribution in [0.4, 0.5) is 0 Å². The smallest absolute Gasteiger partial charge is 0.272 e. The average molecular weight is 373 g/mol. The van der Waals surface area contributed by atoms with E-state index >= 15 is 0 Å². The van der Waals surface area contributed by atoms with Crippen LogP contribution in [0.1, 0.15) is 27.8 Å². The minimum Gasteiger partial charge on any atom is -0.342 e. The van der Waals surface area contributed by atoms with Crippen molar-refractivity contribution < 1.29 is 19.2 Å². The molecule has 3 heterocycles. The lowest BCUT2D eigenvalue weighted by molar-refractivity contribution is -0.130. The van der Waals surface area contributed by atoms with Gasteiger partial charge in [0.1, 0.15) is 5.69 Å². The second-order valence-electron chi connectivity index (χ2n) is 6.66. The summed E-state index contributed by atoms with van der Waals surface area (Å²) in [5.74, 6) is -0.398. The summed E-state index contributed by atoms with van der Waals surface area (Å²) in [6, 6.07) is 3.12. The van der Waals surface area contributed by atoms with Crippen molar-refractivity contribution in [2.24, 2.45) is 0 Å². The predicted octanol–water partition coefficient (Wildman–Crippen LogP) is -0.700. The van der Waals surface area contributed by atoms with Crippen LogP contribution in [0.15, 0.2) is 18.3 Å². The minimum absolute atomic E-state index is 0.00793. The first-order valence-electron chi connectivity index (χ1n) is 8.99. The Balaban J connectivity index is 1.65. The van der Waals surface area contributed by atoms with Gasteiger partial charge in [-0.15, -0.1) is 0 Å². The van der Waals surface area contributed by atoms with Crippen molar-refractivity contribution in [1.82, 2.24) is 24.6 Å². The van der Waals surface area contributed by atoms with Gasteiger partial charge in [-0.05, 0) is 12.1 Å². The van der Waals surface area contributed by atoms with Crippen LogP contribution < -0.4 is 0 Å². The summed E-state index contributed by atoms with van der Waals surface area (Å²) < 4.78 is 0. The quantitative estimate of drug-likeness (QED) is 0.653. The van der Waals surface area contributed by atoms with Crippen molar-refractivity contribution in [3.8, 4) is 0 Å². The predicted molar refractivity (Wildman–Crippen MR) is 95.9 cm³/mol. The van der Waals surface area contributed by atoms with Crippen LogP contribution in [-0.2, 0) is 9.59 Å². The average Bonchev–Trinajstić information content (AvgIpc) is 2.73. The number of carbonyl (C=O) groups is 4. The Morgan fingerprint density at radius 3 is 2.04 bits per heavy atom. The molecule has 0 bridgehead atoms. The van der Waals surface area contributed by atoms with Gasteiger partial charge in [0.15, 0.2) is 0 Å². The van der Waals surface area contributed by atoms with Crippen molar-refractivity contribution in [2.45, 2.75) is 6.92 Å². The second kappa shape index (κ2) is 8.15. The molecule has 0 radical (unpaired) electrons. The van der Waals surface area contributed by atoms with Gasteiger partial charge in [-0.1, -0.05) is 0 Å². The highest BCUT2D eigenvalue weighted by molar-refractivity contribution is 5.98. The van der Waals surface area contributed by atoms with Gasteiger partial charge in [0, 0.05) is 71.0 Å². The summed E-state index contributed by atoms with van der Waals surface area (Å²) in [5, 5.41) is 0. The molecule has 2 fully saturated rings. The van der Waals surface area contributed by atoms with Crippen LogP contribution in [0.25, 0.3) is 0 Å². The standard InChI is InChI=1S/C18H23N5O4/c1-14(25)21-8-10-22(11-9-21)17(26)15-2-3-19-16(12-15)18(27)23-6-4-20(13-24)5-7-23/h2-3,12-13H,4-11H2,1H3. The summed E-state index contributed by atoms with van der Waals surface area (Å²) in [5.41, 5.74) is 0.638. The molecule has 4 amide bonds.